The average molecular weight is 525 g/mol. The van der Waals surface area contributed by atoms with Gasteiger partial charge < -0.3 is 0 Å². The largest absolute Gasteiger partial charge is 0.0836 e. The van der Waals surface area contributed by atoms with E-state index in [1.54, 1.807) is 0 Å². The summed E-state index contributed by atoms with van der Waals surface area (Å²) >= 11 is 0. The first kappa shape index (κ1) is 24.1. The maximum Gasteiger partial charge on any atom is 0.0158 e. The highest BCUT2D eigenvalue weighted by atomic mass is 14.4. The Morgan fingerprint density at radius 2 is 1.12 bits per heavy atom. The molecule has 1 unspecified atom stereocenters. The zero-order chi connectivity index (χ0) is 27.6. The number of benzene rings is 4. The summed E-state index contributed by atoms with van der Waals surface area (Å²) in [4.78, 5) is 0. The number of hydrogen-bond acceptors (Lipinski definition) is 0. The third-order valence-corrected chi connectivity index (χ3v) is 9.48. The Labute approximate surface area is 242 Å². The standard InChI is InChI=1S/C41H32/c1-41(2)37-22-12-11-17-31(37)32-25-23-27-13-3-5-15-29(27)39-33-18-7-9-20-35(33)40(36-21-10-8-19-34(36)39)30-16-6-4-14-28(30)24-26-38(32)41/h3-18,20-26,34H,19H2,1-2H3. The van der Waals surface area contributed by atoms with Crippen molar-refractivity contribution in [3.8, 4) is 11.1 Å². The summed E-state index contributed by atoms with van der Waals surface area (Å²) in [5.74, 6) is 0.306. The second kappa shape index (κ2) is 9.18. The maximum absolute atomic E-state index is 2.38. The molecule has 0 nitrogen and oxygen atoms in total. The fourth-order valence-electron chi connectivity index (χ4n) is 7.54. The van der Waals surface area contributed by atoms with Crippen molar-refractivity contribution in [3.63, 3.8) is 0 Å². The summed E-state index contributed by atoms with van der Waals surface area (Å²) < 4.78 is 0. The molecule has 0 fully saturated rings. The Bertz CT molecular complexity index is 2100. The van der Waals surface area contributed by atoms with Crippen LogP contribution in [0.25, 0.3) is 49.0 Å². The van der Waals surface area contributed by atoms with Crippen LogP contribution < -0.4 is 0 Å². The van der Waals surface area contributed by atoms with Crippen LogP contribution in [0.3, 0.4) is 0 Å². The van der Waals surface area contributed by atoms with Crippen LogP contribution in [-0.2, 0) is 5.41 Å². The van der Waals surface area contributed by atoms with E-state index < -0.39 is 0 Å². The van der Waals surface area contributed by atoms with Crippen LogP contribution in [0.2, 0.25) is 0 Å². The van der Waals surface area contributed by atoms with Gasteiger partial charge in [-0.25, -0.2) is 0 Å². The van der Waals surface area contributed by atoms with E-state index in [9.17, 15) is 0 Å². The molecule has 5 aromatic rings. The first-order valence-corrected chi connectivity index (χ1v) is 14.7. The first-order chi connectivity index (χ1) is 20.1. The molecule has 0 amide bonds. The second-order valence-electron chi connectivity index (χ2n) is 12.0. The first-order valence-electron chi connectivity index (χ1n) is 14.7. The molecule has 0 N–H and O–H groups in total. The van der Waals surface area contributed by atoms with Crippen molar-refractivity contribution in [1.29, 1.82) is 0 Å². The van der Waals surface area contributed by atoms with Gasteiger partial charge in [0.05, 0.1) is 0 Å². The molecule has 196 valence electrons. The van der Waals surface area contributed by atoms with Crippen LogP contribution in [-0.4, -0.2) is 0 Å². The molecule has 0 radical (unpaired) electrons. The molecule has 4 aliphatic carbocycles. The topological polar surface area (TPSA) is 0 Å². The van der Waals surface area contributed by atoms with Gasteiger partial charge in [-0.1, -0.05) is 153 Å². The molecular weight excluding hydrogens is 492 g/mol. The maximum atomic E-state index is 2.38. The Balaban J connectivity index is 1.67. The highest BCUT2D eigenvalue weighted by Gasteiger charge is 2.34. The van der Waals surface area contributed by atoms with Gasteiger partial charge in [-0.3, -0.25) is 0 Å². The molecule has 9 rings (SSSR count). The molecule has 5 aromatic carbocycles. The predicted molar refractivity (Wildman–Crippen MR) is 176 cm³/mol. The van der Waals surface area contributed by atoms with Crippen LogP contribution in [0.1, 0.15) is 48.4 Å². The van der Waals surface area contributed by atoms with Crippen molar-refractivity contribution in [2.45, 2.75) is 31.6 Å². The summed E-state index contributed by atoms with van der Waals surface area (Å²) in [6, 6.07) is 45.4. The van der Waals surface area contributed by atoms with Crippen molar-refractivity contribution in [2.75, 3.05) is 0 Å². The number of rotatable bonds is 0. The minimum Gasteiger partial charge on any atom is -0.0836 e. The molecule has 0 spiro atoms. The van der Waals surface area contributed by atoms with Crippen molar-refractivity contribution in [1.82, 2.24) is 0 Å². The fraction of sp³-hybridized carbons (Fsp3) is 0.122. The van der Waals surface area contributed by atoms with Gasteiger partial charge in [0.15, 0.2) is 0 Å². The molecule has 2 bridgehead atoms. The lowest BCUT2D eigenvalue weighted by atomic mass is 9.73. The van der Waals surface area contributed by atoms with Crippen LogP contribution in [0.4, 0.5) is 0 Å². The third kappa shape index (κ3) is 3.60. The Morgan fingerprint density at radius 1 is 0.537 bits per heavy atom. The quantitative estimate of drug-likeness (QED) is 0.189. The highest BCUT2D eigenvalue weighted by molar-refractivity contribution is 6.12. The van der Waals surface area contributed by atoms with Crippen LogP contribution in [0.15, 0.2) is 140 Å². The summed E-state index contributed by atoms with van der Waals surface area (Å²) in [6.07, 6.45) is 7.95. The number of fused-ring (bicyclic) bond motifs is 3. The Morgan fingerprint density at radius 3 is 1.95 bits per heavy atom. The van der Waals surface area contributed by atoms with Crippen molar-refractivity contribution < 1.29 is 0 Å². The van der Waals surface area contributed by atoms with Gasteiger partial charge in [0, 0.05) is 11.3 Å². The third-order valence-electron chi connectivity index (χ3n) is 9.48. The van der Waals surface area contributed by atoms with E-state index in [0.717, 1.165) is 6.42 Å². The van der Waals surface area contributed by atoms with Gasteiger partial charge in [0.1, 0.15) is 0 Å². The number of hydrogen-bond donors (Lipinski definition) is 0. The molecule has 0 heterocycles. The normalized spacial score (nSPS) is 16.9. The minimum absolute atomic E-state index is 0.0897. The molecular formula is C41H32. The summed E-state index contributed by atoms with van der Waals surface area (Å²) in [5.41, 5.74) is 9.54. The molecule has 0 heteroatoms. The van der Waals surface area contributed by atoms with Gasteiger partial charge >= 0.3 is 0 Å². The molecule has 0 aliphatic heterocycles. The second-order valence-corrected chi connectivity index (χ2v) is 12.0. The summed E-state index contributed by atoms with van der Waals surface area (Å²) in [6.45, 7) is 4.73. The summed E-state index contributed by atoms with van der Waals surface area (Å²) in [7, 11) is 0. The van der Waals surface area contributed by atoms with E-state index in [0.29, 0.717) is 5.92 Å². The molecule has 0 aromatic heterocycles. The van der Waals surface area contributed by atoms with Crippen LogP contribution in [0.5, 0.6) is 0 Å². The smallest absolute Gasteiger partial charge is 0.0158 e. The Hall–Kier alpha value is -4.68. The minimum atomic E-state index is -0.0897. The van der Waals surface area contributed by atoms with Crippen molar-refractivity contribution in [2.24, 2.45) is 0 Å². The van der Waals surface area contributed by atoms with Crippen molar-refractivity contribution >= 4 is 37.9 Å². The highest BCUT2D eigenvalue weighted by Crippen LogP contribution is 2.50. The summed E-state index contributed by atoms with van der Waals surface area (Å²) in [5, 5.41) is 7.84. The van der Waals surface area contributed by atoms with E-state index in [-0.39, 0.29) is 5.41 Å². The molecule has 4 aliphatic rings. The van der Waals surface area contributed by atoms with Crippen LogP contribution in [0, 0.1) is 0 Å². The SMILES string of the molecule is CC1(C)c2ccccc2-c2ccc3ccccc3c3c4ccccc4c(c4ccccc4ccc21)C1=CC=CCC13. The molecule has 0 saturated heterocycles. The fourth-order valence-corrected chi connectivity index (χ4v) is 7.54. The molecule has 41 heavy (non-hydrogen) atoms. The van der Waals surface area contributed by atoms with E-state index in [2.05, 4.69) is 153 Å². The van der Waals surface area contributed by atoms with Gasteiger partial charge in [0.2, 0.25) is 0 Å². The van der Waals surface area contributed by atoms with Gasteiger partial charge in [-0.2, -0.15) is 0 Å². The van der Waals surface area contributed by atoms with Crippen molar-refractivity contribution in [3.05, 3.63) is 162 Å². The van der Waals surface area contributed by atoms with E-state index in [4.69, 9.17) is 0 Å². The lowest BCUT2D eigenvalue weighted by Crippen LogP contribution is -2.14. The zero-order valence-electron chi connectivity index (χ0n) is 23.6. The predicted octanol–water partition coefficient (Wildman–Crippen LogP) is 11.1. The molecule has 0 saturated carbocycles. The lowest BCUT2D eigenvalue weighted by Gasteiger charge is -2.30. The zero-order valence-corrected chi connectivity index (χ0v) is 23.6. The van der Waals surface area contributed by atoms with Gasteiger partial charge in [0.25, 0.3) is 0 Å². The average Bonchev–Trinajstić information content (AvgIpc) is 3.23. The van der Waals surface area contributed by atoms with E-state index in [1.165, 1.54) is 71.3 Å². The number of allylic oxidation sites excluding steroid dienone is 4. The molecule has 1 atom stereocenters. The van der Waals surface area contributed by atoms with Crippen LogP contribution >= 0.6 is 0 Å². The van der Waals surface area contributed by atoms with E-state index >= 15 is 0 Å². The monoisotopic (exact) mass is 524 g/mol. The lowest BCUT2D eigenvalue weighted by molar-refractivity contribution is 0.661. The Kier molecular flexibility index (Phi) is 5.41. The van der Waals surface area contributed by atoms with Gasteiger partial charge in [-0.15, -0.1) is 0 Å². The van der Waals surface area contributed by atoms with Gasteiger partial charge in [-0.05, 0) is 77.7 Å². The van der Waals surface area contributed by atoms with E-state index in [1.807, 2.05) is 0 Å².